The van der Waals surface area contributed by atoms with E-state index in [1.165, 1.54) is 16.8 Å². The lowest BCUT2D eigenvalue weighted by Gasteiger charge is -2.26. The van der Waals surface area contributed by atoms with Crippen LogP contribution in [-0.2, 0) is 5.41 Å². The third-order valence-electron chi connectivity index (χ3n) is 4.34. The van der Waals surface area contributed by atoms with E-state index in [1.54, 1.807) is 0 Å². The minimum Gasteiger partial charge on any atom is -0.368 e. The van der Waals surface area contributed by atoms with Crippen LogP contribution in [0, 0.1) is 6.92 Å². The first kappa shape index (κ1) is 14.1. The summed E-state index contributed by atoms with van der Waals surface area (Å²) in [5, 5.41) is 0. The fourth-order valence-corrected chi connectivity index (χ4v) is 3.12. The van der Waals surface area contributed by atoms with Gasteiger partial charge in [0.1, 0.15) is 5.82 Å². The molecule has 0 N–H and O–H groups in total. The summed E-state index contributed by atoms with van der Waals surface area (Å²) in [5.74, 6) is 0.810. The van der Waals surface area contributed by atoms with Crippen LogP contribution in [-0.4, -0.2) is 22.6 Å². The molecule has 2 heterocycles. The number of aryl methyl sites for hydroxylation is 1. The van der Waals surface area contributed by atoms with Gasteiger partial charge in [0.15, 0.2) is 0 Å². The quantitative estimate of drug-likeness (QED) is 0.834. The Hall–Kier alpha value is -1.90. The Morgan fingerprint density at radius 1 is 1.10 bits per heavy atom. The summed E-state index contributed by atoms with van der Waals surface area (Å²) < 4.78 is 0. The first-order valence-electron chi connectivity index (χ1n) is 7.59. The molecule has 0 aliphatic carbocycles. The van der Waals surface area contributed by atoms with E-state index < -0.39 is 0 Å². The molecule has 0 unspecified atom stereocenters. The minimum absolute atomic E-state index is 0.210. The average Bonchev–Trinajstić information content (AvgIpc) is 2.71. The molecule has 0 radical (unpaired) electrons. The predicted octanol–water partition coefficient (Wildman–Crippen LogP) is 3.96. The molecule has 0 bridgehead atoms. The van der Waals surface area contributed by atoms with Crippen LogP contribution in [0.2, 0.25) is 0 Å². The maximum absolute atomic E-state index is 4.31. The Kier molecular flexibility index (Phi) is 3.23. The van der Waals surface area contributed by atoms with Gasteiger partial charge in [-0.2, -0.15) is 0 Å². The number of hydrogen-bond acceptors (Lipinski definition) is 3. The van der Waals surface area contributed by atoms with E-state index in [-0.39, 0.29) is 5.41 Å². The van der Waals surface area contributed by atoms with Crippen molar-refractivity contribution < 1.29 is 0 Å². The number of aromatic nitrogens is 2. The van der Waals surface area contributed by atoms with E-state index in [1.807, 2.05) is 19.3 Å². The number of hydrogen-bond donors (Lipinski definition) is 0. The zero-order chi connectivity index (χ0) is 15.2. The van der Waals surface area contributed by atoms with E-state index >= 15 is 0 Å². The minimum atomic E-state index is 0.210. The molecule has 21 heavy (non-hydrogen) atoms. The van der Waals surface area contributed by atoms with Crippen LogP contribution in [0.3, 0.4) is 0 Å². The summed E-state index contributed by atoms with van der Waals surface area (Å²) in [5.41, 5.74) is 5.28. The highest BCUT2D eigenvalue weighted by atomic mass is 15.2. The van der Waals surface area contributed by atoms with E-state index in [0.717, 1.165) is 17.9 Å². The zero-order valence-electron chi connectivity index (χ0n) is 13.5. The smallest absolute Gasteiger partial charge is 0.125 e. The summed E-state index contributed by atoms with van der Waals surface area (Å²) in [4.78, 5) is 11.1. The molecule has 3 rings (SSSR count). The van der Waals surface area contributed by atoms with Gasteiger partial charge >= 0.3 is 0 Å². The van der Waals surface area contributed by atoms with Gasteiger partial charge in [0.2, 0.25) is 0 Å². The third-order valence-corrected chi connectivity index (χ3v) is 4.34. The van der Waals surface area contributed by atoms with Crippen molar-refractivity contribution in [1.29, 1.82) is 0 Å². The third kappa shape index (κ3) is 2.41. The summed E-state index contributed by atoms with van der Waals surface area (Å²) in [6.45, 7) is 12.1. The molecule has 1 aromatic heterocycles. The molecule has 3 nitrogen and oxygen atoms in total. The Labute approximate surface area is 127 Å². The normalized spacial score (nSPS) is 16.4. The second-order valence-corrected chi connectivity index (χ2v) is 6.86. The highest BCUT2D eigenvalue weighted by molar-refractivity contribution is 5.73. The molecule has 1 aliphatic heterocycles. The van der Waals surface area contributed by atoms with Crippen molar-refractivity contribution >= 4 is 5.69 Å². The molecular weight excluding hydrogens is 258 g/mol. The molecule has 2 aromatic rings. The molecule has 0 fully saturated rings. The largest absolute Gasteiger partial charge is 0.368 e. The van der Waals surface area contributed by atoms with Crippen LogP contribution >= 0.6 is 0 Å². The van der Waals surface area contributed by atoms with Gasteiger partial charge in [-0.15, -0.1) is 0 Å². The number of fused-ring (bicyclic) bond motifs is 1. The van der Waals surface area contributed by atoms with Crippen molar-refractivity contribution in [3.8, 4) is 11.1 Å². The Morgan fingerprint density at radius 3 is 2.38 bits per heavy atom. The van der Waals surface area contributed by atoms with Crippen molar-refractivity contribution in [2.75, 3.05) is 11.4 Å². The molecule has 0 amide bonds. The Morgan fingerprint density at radius 2 is 1.76 bits per heavy atom. The molecule has 110 valence electrons. The van der Waals surface area contributed by atoms with Crippen molar-refractivity contribution in [2.45, 2.75) is 46.1 Å². The molecule has 1 aromatic carbocycles. The van der Waals surface area contributed by atoms with Gasteiger partial charge in [-0.05, 0) is 38.0 Å². The van der Waals surface area contributed by atoms with Crippen molar-refractivity contribution in [3.63, 3.8) is 0 Å². The summed E-state index contributed by atoms with van der Waals surface area (Å²) >= 11 is 0. The molecule has 0 spiro atoms. The van der Waals surface area contributed by atoms with E-state index in [9.17, 15) is 0 Å². The van der Waals surface area contributed by atoms with Gasteiger partial charge in [0.25, 0.3) is 0 Å². The predicted molar refractivity (Wildman–Crippen MR) is 87.7 cm³/mol. The van der Waals surface area contributed by atoms with Crippen LogP contribution < -0.4 is 4.90 Å². The topological polar surface area (TPSA) is 29.0 Å². The van der Waals surface area contributed by atoms with Crippen molar-refractivity contribution in [3.05, 3.63) is 42.0 Å². The monoisotopic (exact) mass is 281 g/mol. The van der Waals surface area contributed by atoms with Crippen molar-refractivity contribution in [1.82, 2.24) is 9.97 Å². The SMILES string of the molecule is Cc1ncc(-c2ccc3c(c2)N(C(C)C)CC3(C)C)cn1. The maximum Gasteiger partial charge on any atom is 0.125 e. The van der Waals surface area contributed by atoms with Crippen LogP contribution in [0.25, 0.3) is 11.1 Å². The number of benzene rings is 1. The van der Waals surface area contributed by atoms with Crippen LogP contribution in [0.15, 0.2) is 30.6 Å². The van der Waals surface area contributed by atoms with Gasteiger partial charge < -0.3 is 4.90 Å². The molecule has 0 atom stereocenters. The van der Waals surface area contributed by atoms with Crippen molar-refractivity contribution in [2.24, 2.45) is 0 Å². The average molecular weight is 281 g/mol. The maximum atomic E-state index is 4.31. The molecule has 0 saturated carbocycles. The van der Waals surface area contributed by atoms with Gasteiger partial charge in [-0.3, -0.25) is 0 Å². The first-order chi connectivity index (χ1) is 9.88. The lowest BCUT2D eigenvalue weighted by atomic mass is 9.86. The second kappa shape index (κ2) is 4.83. The fourth-order valence-electron chi connectivity index (χ4n) is 3.12. The first-order valence-corrected chi connectivity index (χ1v) is 7.59. The number of nitrogens with zero attached hydrogens (tertiary/aromatic N) is 3. The second-order valence-electron chi connectivity index (χ2n) is 6.86. The van der Waals surface area contributed by atoms with E-state index in [0.29, 0.717) is 6.04 Å². The van der Waals surface area contributed by atoms with E-state index in [2.05, 4.69) is 60.8 Å². The molecule has 1 aliphatic rings. The lowest BCUT2D eigenvalue weighted by molar-refractivity contribution is 0.532. The molecular formula is C18H23N3. The molecule has 0 saturated heterocycles. The Balaban J connectivity index is 2.08. The number of anilines is 1. The van der Waals surface area contributed by atoms with Gasteiger partial charge in [-0.1, -0.05) is 26.0 Å². The van der Waals surface area contributed by atoms with Crippen LogP contribution in [0.4, 0.5) is 5.69 Å². The summed E-state index contributed by atoms with van der Waals surface area (Å²) in [6.07, 6.45) is 3.81. The summed E-state index contributed by atoms with van der Waals surface area (Å²) in [7, 11) is 0. The number of rotatable bonds is 2. The van der Waals surface area contributed by atoms with E-state index in [4.69, 9.17) is 0 Å². The zero-order valence-corrected chi connectivity index (χ0v) is 13.5. The Bertz CT molecular complexity index is 657. The van der Waals surface area contributed by atoms with Crippen LogP contribution in [0.1, 0.15) is 39.1 Å². The standard InChI is InChI=1S/C18H23N3/c1-12(2)21-11-18(4,5)16-7-6-14(8-17(16)21)15-9-19-13(3)20-10-15/h6-10,12H,11H2,1-5H3. The summed E-state index contributed by atoms with van der Waals surface area (Å²) in [6, 6.07) is 7.26. The highest BCUT2D eigenvalue weighted by Gasteiger charge is 2.36. The van der Waals surface area contributed by atoms with Crippen LogP contribution in [0.5, 0.6) is 0 Å². The highest BCUT2D eigenvalue weighted by Crippen LogP contribution is 2.43. The van der Waals surface area contributed by atoms with Gasteiger partial charge in [-0.25, -0.2) is 9.97 Å². The molecule has 3 heteroatoms. The van der Waals surface area contributed by atoms with Gasteiger partial charge in [0.05, 0.1) is 0 Å². The van der Waals surface area contributed by atoms with Gasteiger partial charge in [0, 0.05) is 41.6 Å². The fraction of sp³-hybridized carbons (Fsp3) is 0.444. The lowest BCUT2D eigenvalue weighted by Crippen LogP contribution is -2.33.